The topological polar surface area (TPSA) is 0 Å². The highest BCUT2D eigenvalue weighted by Crippen LogP contribution is 2.08. The fraction of sp³-hybridized carbons (Fsp3) is 0.636. The van der Waals surface area contributed by atoms with E-state index in [0.29, 0.717) is 0 Å². The van der Waals surface area contributed by atoms with Crippen LogP contribution < -0.4 is 0 Å². The predicted molar refractivity (Wildman–Crippen MR) is 52.6 cm³/mol. The quantitative estimate of drug-likeness (QED) is 0.535. The van der Waals surface area contributed by atoms with Gasteiger partial charge in [0.2, 0.25) is 0 Å². The van der Waals surface area contributed by atoms with E-state index in [0.717, 1.165) is 5.92 Å². The number of hydrogen-bond acceptors (Lipinski definition) is 0. The molecule has 0 aromatic carbocycles. The van der Waals surface area contributed by atoms with E-state index in [-0.39, 0.29) is 0 Å². The summed E-state index contributed by atoms with van der Waals surface area (Å²) in [4.78, 5) is 0. The van der Waals surface area contributed by atoms with Crippen molar-refractivity contribution >= 4 is 0 Å². The zero-order valence-electron chi connectivity index (χ0n) is 8.22. The van der Waals surface area contributed by atoms with Gasteiger partial charge < -0.3 is 0 Å². The Kier molecular flexibility index (Phi) is 5.91. The van der Waals surface area contributed by atoms with Crippen molar-refractivity contribution in [2.24, 2.45) is 5.92 Å². The lowest BCUT2D eigenvalue weighted by Crippen LogP contribution is -1.89. The molecule has 0 aromatic rings. The zero-order chi connectivity index (χ0) is 8.69. The molecule has 0 radical (unpaired) electrons. The number of hydrogen-bond donors (Lipinski definition) is 0. The summed E-state index contributed by atoms with van der Waals surface area (Å²) in [5.74, 6) is 0.769. The highest BCUT2D eigenvalue weighted by atomic mass is 14.0. The minimum Gasteiger partial charge on any atom is -0.0814 e. The smallest absolute Gasteiger partial charge is 0.0236 e. The molecule has 0 aliphatic rings. The van der Waals surface area contributed by atoms with Crippen molar-refractivity contribution in [1.82, 2.24) is 0 Å². The van der Waals surface area contributed by atoms with Crippen LogP contribution in [-0.4, -0.2) is 0 Å². The molecule has 0 N–H and O–H groups in total. The van der Waals surface area contributed by atoms with Gasteiger partial charge in [-0.15, -0.1) is 0 Å². The lowest BCUT2D eigenvalue weighted by molar-refractivity contribution is 0.606. The molecule has 64 valence electrons. The van der Waals surface area contributed by atoms with Crippen molar-refractivity contribution in [1.29, 1.82) is 0 Å². The summed E-state index contributed by atoms with van der Waals surface area (Å²) in [6.45, 7) is 8.72. The van der Waals surface area contributed by atoms with Gasteiger partial charge in [-0.3, -0.25) is 0 Å². The van der Waals surface area contributed by atoms with E-state index < -0.39 is 0 Å². The third-order valence-electron chi connectivity index (χ3n) is 1.86. The largest absolute Gasteiger partial charge is 0.0814 e. The molecule has 0 bridgehead atoms. The Bertz CT molecular complexity index is 132. The summed E-state index contributed by atoms with van der Waals surface area (Å²) in [6, 6.07) is 0. The maximum atomic E-state index is 2.30. The molecule has 0 amide bonds. The van der Waals surface area contributed by atoms with Gasteiger partial charge in [0.25, 0.3) is 0 Å². The first-order valence-electron chi connectivity index (χ1n) is 4.52. The second-order valence-electron chi connectivity index (χ2n) is 3.21. The minimum atomic E-state index is 0.769. The van der Waals surface area contributed by atoms with E-state index in [9.17, 15) is 0 Å². The molecule has 0 fully saturated rings. The van der Waals surface area contributed by atoms with Crippen LogP contribution in [-0.2, 0) is 0 Å². The van der Waals surface area contributed by atoms with Crippen molar-refractivity contribution < 1.29 is 0 Å². The summed E-state index contributed by atoms with van der Waals surface area (Å²) in [6.07, 6.45) is 9.14. The Morgan fingerprint density at radius 2 is 1.73 bits per heavy atom. The average molecular weight is 152 g/mol. The van der Waals surface area contributed by atoms with Crippen LogP contribution in [0, 0.1) is 5.92 Å². The van der Waals surface area contributed by atoms with Gasteiger partial charge in [-0.2, -0.15) is 0 Å². The molecule has 0 atom stereocenters. The van der Waals surface area contributed by atoms with E-state index in [1.807, 2.05) is 0 Å². The van der Waals surface area contributed by atoms with Crippen LogP contribution in [0.1, 0.15) is 40.5 Å². The van der Waals surface area contributed by atoms with Crippen molar-refractivity contribution in [2.75, 3.05) is 0 Å². The summed E-state index contributed by atoms with van der Waals surface area (Å²) in [5, 5.41) is 0. The van der Waals surface area contributed by atoms with Crippen LogP contribution in [0.3, 0.4) is 0 Å². The van der Waals surface area contributed by atoms with Gasteiger partial charge >= 0.3 is 0 Å². The molecule has 0 rings (SSSR count). The summed E-state index contributed by atoms with van der Waals surface area (Å²) in [5.41, 5.74) is 1.37. The lowest BCUT2D eigenvalue weighted by atomic mass is 10.0. The van der Waals surface area contributed by atoms with Gasteiger partial charge in [0, 0.05) is 0 Å². The van der Waals surface area contributed by atoms with Gasteiger partial charge in [0.05, 0.1) is 0 Å². The molecule has 0 nitrogen and oxygen atoms in total. The third-order valence-corrected chi connectivity index (χ3v) is 1.86. The first kappa shape index (κ1) is 10.5. The van der Waals surface area contributed by atoms with E-state index >= 15 is 0 Å². The molecular weight excluding hydrogens is 132 g/mol. The summed E-state index contributed by atoms with van der Waals surface area (Å²) >= 11 is 0. The average Bonchev–Trinajstić information content (AvgIpc) is 1.98. The molecule has 0 aliphatic carbocycles. The van der Waals surface area contributed by atoms with E-state index in [4.69, 9.17) is 0 Å². The van der Waals surface area contributed by atoms with Crippen LogP contribution in [0.5, 0.6) is 0 Å². The molecule has 0 heterocycles. The molecule has 11 heavy (non-hydrogen) atoms. The van der Waals surface area contributed by atoms with E-state index in [2.05, 4.69) is 45.9 Å². The molecule has 0 spiro atoms. The monoisotopic (exact) mass is 152 g/mol. The van der Waals surface area contributed by atoms with Gasteiger partial charge in [-0.05, 0) is 32.6 Å². The maximum Gasteiger partial charge on any atom is -0.0236 e. The van der Waals surface area contributed by atoms with Crippen LogP contribution >= 0.6 is 0 Å². The first-order chi connectivity index (χ1) is 5.20. The van der Waals surface area contributed by atoms with Crippen molar-refractivity contribution in [3.05, 3.63) is 23.8 Å². The summed E-state index contributed by atoms with van der Waals surface area (Å²) in [7, 11) is 0. The number of rotatable bonds is 4. The second-order valence-corrected chi connectivity index (χ2v) is 3.21. The van der Waals surface area contributed by atoms with E-state index in [1.54, 1.807) is 0 Å². The molecule has 0 aliphatic heterocycles. The lowest BCUT2D eigenvalue weighted by Gasteiger charge is -2.03. The van der Waals surface area contributed by atoms with Crippen LogP contribution in [0.4, 0.5) is 0 Å². The molecule has 0 aromatic heterocycles. The maximum absolute atomic E-state index is 2.30. The van der Waals surface area contributed by atoms with Crippen LogP contribution in [0.2, 0.25) is 0 Å². The first-order valence-corrected chi connectivity index (χ1v) is 4.52. The second kappa shape index (κ2) is 6.21. The van der Waals surface area contributed by atoms with Crippen LogP contribution in [0.15, 0.2) is 23.8 Å². The highest BCUT2D eigenvalue weighted by Gasteiger charge is 1.94. The van der Waals surface area contributed by atoms with Gasteiger partial charge in [-0.25, -0.2) is 0 Å². The standard InChI is InChI=1S/C11H20/c1-5-11(6-2)9-7-8-10(3)4/h7-9,11H,5-6H2,1-4H3/b9-7-. The Morgan fingerprint density at radius 3 is 2.09 bits per heavy atom. The summed E-state index contributed by atoms with van der Waals surface area (Å²) < 4.78 is 0. The van der Waals surface area contributed by atoms with Gasteiger partial charge in [0.1, 0.15) is 0 Å². The fourth-order valence-electron chi connectivity index (χ4n) is 0.966. The van der Waals surface area contributed by atoms with Crippen LogP contribution in [0.25, 0.3) is 0 Å². The van der Waals surface area contributed by atoms with Gasteiger partial charge in [-0.1, -0.05) is 37.6 Å². The molecule has 0 heteroatoms. The molecular formula is C11H20. The number of allylic oxidation sites excluding steroid dienone is 4. The minimum absolute atomic E-state index is 0.769. The normalized spacial score (nSPS) is 11.0. The zero-order valence-corrected chi connectivity index (χ0v) is 8.22. The SMILES string of the molecule is CCC(/C=C\C=C(C)C)CC. The Morgan fingerprint density at radius 1 is 1.18 bits per heavy atom. The van der Waals surface area contributed by atoms with Crippen molar-refractivity contribution in [2.45, 2.75) is 40.5 Å². The highest BCUT2D eigenvalue weighted by molar-refractivity contribution is 5.09. The Hall–Kier alpha value is -0.520. The van der Waals surface area contributed by atoms with Crippen molar-refractivity contribution in [3.8, 4) is 0 Å². The molecule has 0 saturated heterocycles. The third kappa shape index (κ3) is 5.90. The molecule has 0 saturated carbocycles. The molecule has 0 unspecified atom stereocenters. The Balaban J connectivity index is 3.80. The fourth-order valence-corrected chi connectivity index (χ4v) is 0.966. The van der Waals surface area contributed by atoms with E-state index in [1.165, 1.54) is 18.4 Å². The predicted octanol–water partition coefficient (Wildman–Crippen LogP) is 3.95. The Labute approximate surface area is 71.0 Å². The van der Waals surface area contributed by atoms with Crippen molar-refractivity contribution in [3.63, 3.8) is 0 Å². The van der Waals surface area contributed by atoms with Gasteiger partial charge in [0.15, 0.2) is 0 Å².